The zero-order valence-electron chi connectivity index (χ0n) is 12.9. The monoisotopic (exact) mass is 283 g/mol. The molecule has 0 bridgehead atoms. The molecule has 0 aliphatic rings. The van der Waals surface area contributed by atoms with E-state index >= 15 is 0 Å². The SMILES string of the molecule is CCNc1nc(NC(C)COCC)nc(OC(C)C)n1. The molecular weight excluding hydrogens is 258 g/mol. The van der Waals surface area contributed by atoms with Crippen molar-refractivity contribution >= 4 is 11.9 Å². The smallest absolute Gasteiger partial charge is 0.323 e. The summed E-state index contributed by atoms with van der Waals surface area (Å²) in [5, 5.41) is 6.25. The Morgan fingerprint density at radius 1 is 1.05 bits per heavy atom. The van der Waals surface area contributed by atoms with Crippen LogP contribution in [0.25, 0.3) is 0 Å². The van der Waals surface area contributed by atoms with Crippen LogP contribution in [-0.2, 0) is 4.74 Å². The molecule has 1 atom stereocenters. The van der Waals surface area contributed by atoms with Crippen LogP contribution in [0, 0.1) is 0 Å². The van der Waals surface area contributed by atoms with E-state index in [0.717, 1.165) is 6.54 Å². The summed E-state index contributed by atoms with van der Waals surface area (Å²) in [5.41, 5.74) is 0. The molecule has 0 saturated carbocycles. The normalized spacial score (nSPS) is 12.3. The number of ether oxygens (including phenoxy) is 2. The summed E-state index contributed by atoms with van der Waals surface area (Å²) in [5.74, 6) is 0.989. The van der Waals surface area contributed by atoms with Gasteiger partial charge < -0.3 is 20.1 Å². The maximum absolute atomic E-state index is 5.53. The second-order valence-electron chi connectivity index (χ2n) is 4.67. The Kier molecular flexibility index (Phi) is 7.00. The third-order valence-corrected chi connectivity index (χ3v) is 2.24. The predicted octanol–water partition coefficient (Wildman–Crippen LogP) is 1.93. The van der Waals surface area contributed by atoms with Gasteiger partial charge in [-0.3, -0.25) is 0 Å². The van der Waals surface area contributed by atoms with Crippen LogP contribution in [0.3, 0.4) is 0 Å². The molecule has 0 spiro atoms. The lowest BCUT2D eigenvalue weighted by molar-refractivity contribution is 0.141. The summed E-state index contributed by atoms with van der Waals surface area (Å²) in [6.07, 6.45) is 0.0144. The van der Waals surface area contributed by atoms with E-state index in [4.69, 9.17) is 9.47 Å². The van der Waals surface area contributed by atoms with Gasteiger partial charge in [-0.2, -0.15) is 15.0 Å². The Balaban J connectivity index is 2.79. The van der Waals surface area contributed by atoms with Crippen molar-refractivity contribution in [2.75, 3.05) is 30.4 Å². The predicted molar refractivity (Wildman–Crippen MR) is 79.3 cm³/mol. The minimum Gasteiger partial charge on any atom is -0.461 e. The zero-order chi connectivity index (χ0) is 15.0. The molecule has 0 amide bonds. The number of hydrogen-bond acceptors (Lipinski definition) is 7. The molecule has 2 N–H and O–H groups in total. The van der Waals surface area contributed by atoms with Gasteiger partial charge in [0.1, 0.15) is 0 Å². The summed E-state index contributed by atoms with van der Waals surface area (Å²) < 4.78 is 10.9. The first-order chi connectivity index (χ1) is 9.55. The fraction of sp³-hybridized carbons (Fsp3) is 0.769. The van der Waals surface area contributed by atoms with E-state index in [1.807, 2.05) is 34.6 Å². The molecule has 1 heterocycles. The molecule has 20 heavy (non-hydrogen) atoms. The molecule has 0 aromatic carbocycles. The molecule has 1 aromatic heterocycles. The van der Waals surface area contributed by atoms with E-state index in [9.17, 15) is 0 Å². The molecule has 0 radical (unpaired) electrons. The van der Waals surface area contributed by atoms with E-state index < -0.39 is 0 Å². The highest BCUT2D eigenvalue weighted by Gasteiger charge is 2.10. The summed E-state index contributed by atoms with van der Waals surface area (Å²) in [6, 6.07) is 0.427. The van der Waals surface area contributed by atoms with Crippen molar-refractivity contribution in [3.63, 3.8) is 0 Å². The van der Waals surface area contributed by atoms with Crippen molar-refractivity contribution in [1.82, 2.24) is 15.0 Å². The van der Waals surface area contributed by atoms with Gasteiger partial charge in [-0.25, -0.2) is 0 Å². The number of nitrogens with zero attached hydrogens (tertiary/aromatic N) is 3. The van der Waals surface area contributed by atoms with Crippen molar-refractivity contribution in [3.05, 3.63) is 0 Å². The molecule has 7 nitrogen and oxygen atoms in total. The molecule has 1 unspecified atom stereocenters. The molecule has 0 aliphatic heterocycles. The van der Waals surface area contributed by atoms with Gasteiger partial charge in [-0.15, -0.1) is 0 Å². The van der Waals surface area contributed by atoms with Crippen LogP contribution in [0.4, 0.5) is 11.9 Å². The maximum Gasteiger partial charge on any atom is 0.323 e. The van der Waals surface area contributed by atoms with Crippen molar-refractivity contribution in [1.29, 1.82) is 0 Å². The van der Waals surface area contributed by atoms with E-state index in [1.54, 1.807) is 0 Å². The summed E-state index contributed by atoms with van der Waals surface area (Å²) in [6.45, 7) is 11.8. The van der Waals surface area contributed by atoms with Crippen molar-refractivity contribution in [3.8, 4) is 6.01 Å². The van der Waals surface area contributed by atoms with Gasteiger partial charge in [-0.1, -0.05) is 0 Å². The van der Waals surface area contributed by atoms with Crippen LogP contribution < -0.4 is 15.4 Å². The maximum atomic E-state index is 5.53. The van der Waals surface area contributed by atoms with Crippen molar-refractivity contribution < 1.29 is 9.47 Å². The molecule has 0 fully saturated rings. The number of rotatable bonds is 9. The van der Waals surface area contributed by atoms with Crippen molar-refractivity contribution in [2.45, 2.75) is 46.8 Å². The number of anilines is 2. The van der Waals surface area contributed by atoms with Crippen LogP contribution in [0.5, 0.6) is 6.01 Å². The second-order valence-corrected chi connectivity index (χ2v) is 4.67. The summed E-state index contributed by atoms with van der Waals surface area (Å²) in [4.78, 5) is 12.8. The zero-order valence-corrected chi connectivity index (χ0v) is 12.9. The molecule has 1 rings (SSSR count). The fourth-order valence-electron chi connectivity index (χ4n) is 1.48. The first-order valence-electron chi connectivity index (χ1n) is 7.06. The van der Waals surface area contributed by atoms with Gasteiger partial charge in [0, 0.05) is 19.2 Å². The first kappa shape index (κ1) is 16.4. The minimum absolute atomic E-state index is 0.0144. The lowest BCUT2D eigenvalue weighted by atomic mass is 10.4. The topological polar surface area (TPSA) is 81.2 Å². The molecule has 1 aromatic rings. The second kappa shape index (κ2) is 8.52. The van der Waals surface area contributed by atoms with Gasteiger partial charge in [0.05, 0.1) is 12.7 Å². The molecule has 0 saturated heterocycles. The lowest BCUT2D eigenvalue weighted by Gasteiger charge is -2.15. The van der Waals surface area contributed by atoms with E-state index in [-0.39, 0.29) is 12.1 Å². The van der Waals surface area contributed by atoms with Gasteiger partial charge in [-0.05, 0) is 34.6 Å². The standard InChI is InChI=1S/C13H25N5O2/c1-6-14-11-16-12(15-10(5)8-19-7-2)18-13(17-11)20-9(3)4/h9-10H,6-8H2,1-5H3,(H2,14,15,16,17,18). The first-order valence-corrected chi connectivity index (χ1v) is 7.06. The number of nitrogens with one attached hydrogen (secondary N) is 2. The summed E-state index contributed by atoms with van der Waals surface area (Å²) >= 11 is 0. The van der Waals surface area contributed by atoms with E-state index in [2.05, 4.69) is 25.6 Å². The number of aromatic nitrogens is 3. The van der Waals surface area contributed by atoms with Crippen LogP contribution in [-0.4, -0.2) is 46.9 Å². The number of hydrogen-bond donors (Lipinski definition) is 2. The Morgan fingerprint density at radius 3 is 2.35 bits per heavy atom. The quantitative estimate of drug-likeness (QED) is 0.716. The van der Waals surface area contributed by atoms with Gasteiger partial charge >= 0.3 is 6.01 Å². The average Bonchev–Trinajstić information content (AvgIpc) is 2.35. The highest BCUT2D eigenvalue weighted by Crippen LogP contribution is 2.13. The van der Waals surface area contributed by atoms with E-state index in [0.29, 0.717) is 31.1 Å². The Hall–Kier alpha value is -1.63. The van der Waals surface area contributed by atoms with E-state index in [1.165, 1.54) is 0 Å². The van der Waals surface area contributed by atoms with Gasteiger partial charge in [0.25, 0.3) is 0 Å². The molecule has 0 aliphatic carbocycles. The lowest BCUT2D eigenvalue weighted by Crippen LogP contribution is -2.24. The Morgan fingerprint density at radius 2 is 1.75 bits per heavy atom. The highest BCUT2D eigenvalue weighted by atomic mass is 16.5. The Bertz CT molecular complexity index is 400. The average molecular weight is 283 g/mol. The molecule has 7 heteroatoms. The highest BCUT2D eigenvalue weighted by molar-refractivity contribution is 5.36. The van der Waals surface area contributed by atoms with Crippen LogP contribution in [0.15, 0.2) is 0 Å². The Labute approximate surface area is 120 Å². The van der Waals surface area contributed by atoms with Gasteiger partial charge in [0.15, 0.2) is 0 Å². The third kappa shape index (κ3) is 6.01. The van der Waals surface area contributed by atoms with Crippen LogP contribution in [0.2, 0.25) is 0 Å². The molecule has 114 valence electrons. The third-order valence-electron chi connectivity index (χ3n) is 2.24. The van der Waals surface area contributed by atoms with Crippen LogP contribution in [0.1, 0.15) is 34.6 Å². The minimum atomic E-state index is 0.0144. The molecular formula is C13H25N5O2. The fourth-order valence-corrected chi connectivity index (χ4v) is 1.48. The summed E-state index contributed by atoms with van der Waals surface area (Å²) in [7, 11) is 0. The largest absolute Gasteiger partial charge is 0.461 e. The van der Waals surface area contributed by atoms with Gasteiger partial charge in [0.2, 0.25) is 11.9 Å². The van der Waals surface area contributed by atoms with Crippen molar-refractivity contribution in [2.24, 2.45) is 0 Å². The van der Waals surface area contributed by atoms with Crippen LogP contribution >= 0.6 is 0 Å².